The minimum Gasteiger partial charge on any atom is -0.332 e. The third-order valence-electron chi connectivity index (χ3n) is 7.46. The number of aryl methyl sites for hydroxylation is 2. The van der Waals surface area contributed by atoms with Crippen molar-refractivity contribution in [2.24, 2.45) is 0 Å². The van der Waals surface area contributed by atoms with Crippen molar-refractivity contribution in [2.45, 2.75) is 56.9 Å². The number of hydrogen-bond acceptors (Lipinski definition) is 5. The summed E-state index contributed by atoms with van der Waals surface area (Å²) in [6.45, 7) is 3.06. The molecule has 182 valence electrons. The zero-order valence-electron chi connectivity index (χ0n) is 20.1. The summed E-state index contributed by atoms with van der Waals surface area (Å²) in [5.74, 6) is 1.73. The number of carbonyl (C=O) groups is 1. The molecule has 0 fully saturated rings. The molecule has 0 spiro atoms. The van der Waals surface area contributed by atoms with Crippen LogP contribution in [0.2, 0.25) is 0 Å². The fraction of sp³-hybridized carbons (Fsp3) is 0.333. The summed E-state index contributed by atoms with van der Waals surface area (Å²) in [5, 5.41) is 5.72. The van der Waals surface area contributed by atoms with Gasteiger partial charge in [0.1, 0.15) is 5.82 Å². The highest BCUT2D eigenvalue weighted by Crippen LogP contribution is 2.36. The molecule has 1 unspecified atom stereocenters. The Morgan fingerprint density at radius 1 is 1.08 bits per heavy atom. The molecule has 3 aliphatic rings. The van der Waals surface area contributed by atoms with Gasteiger partial charge in [0.25, 0.3) is 5.56 Å². The molecule has 1 aliphatic carbocycles. The van der Waals surface area contributed by atoms with Crippen molar-refractivity contribution in [2.75, 3.05) is 5.75 Å². The third kappa shape index (κ3) is 3.37. The van der Waals surface area contributed by atoms with Crippen molar-refractivity contribution in [1.82, 2.24) is 28.8 Å². The first-order valence-corrected chi connectivity index (χ1v) is 13.4. The number of amides is 1. The molecule has 4 aromatic rings. The highest BCUT2D eigenvalue weighted by atomic mass is 32.2. The summed E-state index contributed by atoms with van der Waals surface area (Å²) in [7, 11) is 0. The summed E-state index contributed by atoms with van der Waals surface area (Å²) >= 11 is 1.59. The second-order valence-corrected chi connectivity index (χ2v) is 10.8. The normalized spacial score (nSPS) is 17.9. The standard InChI is InChI=1S/C27H26N6O2S/c1-17-6-4-7-18(12-17)33-25(30-10-2-3-11-30)21-14-31(15-23(21)29-33)24(34)13-19-16-36-27-28-22-9-5-8-20(22)26(35)32(19)27/h2-4,6-7,10-12,19H,5,8-9,13-16H2,1H3. The number of rotatable bonds is 4. The number of hydrogen-bond donors (Lipinski definition) is 0. The van der Waals surface area contributed by atoms with Gasteiger partial charge in [-0.3, -0.25) is 14.2 Å². The molecule has 0 N–H and O–H groups in total. The summed E-state index contributed by atoms with van der Waals surface area (Å²) in [5.41, 5.74) is 6.03. The Bertz CT molecular complexity index is 1570. The monoisotopic (exact) mass is 498 g/mol. The first kappa shape index (κ1) is 21.7. The molecule has 1 atom stereocenters. The maximum absolute atomic E-state index is 13.5. The average molecular weight is 499 g/mol. The van der Waals surface area contributed by atoms with Crippen LogP contribution < -0.4 is 5.56 Å². The zero-order valence-corrected chi connectivity index (χ0v) is 20.9. The van der Waals surface area contributed by atoms with E-state index in [1.165, 1.54) is 5.56 Å². The summed E-state index contributed by atoms with van der Waals surface area (Å²) < 4.78 is 5.83. The second-order valence-electron chi connectivity index (χ2n) is 9.86. The molecule has 5 heterocycles. The van der Waals surface area contributed by atoms with E-state index in [-0.39, 0.29) is 17.5 Å². The van der Waals surface area contributed by atoms with Crippen molar-refractivity contribution in [1.29, 1.82) is 0 Å². The second kappa shape index (κ2) is 8.23. The number of thioether (sulfide) groups is 1. The Kier molecular flexibility index (Phi) is 4.95. The van der Waals surface area contributed by atoms with E-state index in [0.29, 0.717) is 25.3 Å². The van der Waals surface area contributed by atoms with Crippen LogP contribution in [0.1, 0.15) is 47.0 Å². The Morgan fingerprint density at radius 2 is 1.94 bits per heavy atom. The third-order valence-corrected chi connectivity index (χ3v) is 8.56. The van der Waals surface area contributed by atoms with E-state index >= 15 is 0 Å². The summed E-state index contributed by atoms with van der Waals surface area (Å²) in [6.07, 6.45) is 7.01. The summed E-state index contributed by atoms with van der Waals surface area (Å²) in [4.78, 5) is 33.2. The van der Waals surface area contributed by atoms with Crippen molar-refractivity contribution in [3.8, 4) is 11.5 Å². The quantitative estimate of drug-likeness (QED) is 0.402. The molecular formula is C27H26N6O2S. The predicted molar refractivity (Wildman–Crippen MR) is 137 cm³/mol. The van der Waals surface area contributed by atoms with Crippen molar-refractivity contribution >= 4 is 17.7 Å². The van der Waals surface area contributed by atoms with Gasteiger partial charge in [-0.25, -0.2) is 9.67 Å². The molecule has 8 nitrogen and oxygen atoms in total. The van der Waals surface area contributed by atoms with Gasteiger partial charge >= 0.3 is 0 Å². The number of nitrogens with zero attached hydrogens (tertiary/aromatic N) is 6. The van der Waals surface area contributed by atoms with Crippen molar-refractivity contribution < 1.29 is 4.79 Å². The Morgan fingerprint density at radius 3 is 2.78 bits per heavy atom. The number of fused-ring (bicyclic) bond motifs is 3. The van der Waals surface area contributed by atoms with Crippen molar-refractivity contribution in [3.05, 3.63) is 87.2 Å². The van der Waals surface area contributed by atoms with Gasteiger partial charge in [0.2, 0.25) is 5.91 Å². The fourth-order valence-corrected chi connectivity index (χ4v) is 6.85. The average Bonchev–Trinajstić information content (AvgIpc) is 3.66. The van der Waals surface area contributed by atoms with Crippen molar-refractivity contribution in [3.63, 3.8) is 0 Å². The largest absolute Gasteiger partial charge is 0.332 e. The van der Waals surface area contributed by atoms with Crippen LogP contribution in [0.4, 0.5) is 0 Å². The van der Waals surface area contributed by atoms with Gasteiger partial charge in [0, 0.05) is 35.7 Å². The van der Waals surface area contributed by atoms with Crippen LogP contribution in [-0.4, -0.2) is 40.5 Å². The van der Waals surface area contributed by atoms with Crippen LogP contribution >= 0.6 is 11.8 Å². The zero-order chi connectivity index (χ0) is 24.4. The Labute approximate surface area is 212 Å². The maximum Gasteiger partial charge on any atom is 0.257 e. The van der Waals surface area contributed by atoms with E-state index in [9.17, 15) is 9.59 Å². The van der Waals surface area contributed by atoms with Crippen LogP contribution in [0, 0.1) is 6.92 Å². The van der Waals surface area contributed by atoms with E-state index in [4.69, 9.17) is 10.1 Å². The molecule has 1 amide bonds. The first-order chi connectivity index (χ1) is 17.6. The van der Waals surface area contributed by atoms with Gasteiger partial charge in [-0.2, -0.15) is 5.10 Å². The SMILES string of the molecule is Cc1cccc(-n2nc3c(c2-n2cccc2)CN(C(=O)CC2CSc4nc5c(c(=O)n42)CCC5)C3)c1. The minimum atomic E-state index is -0.146. The highest BCUT2D eigenvalue weighted by molar-refractivity contribution is 7.99. The fourth-order valence-electron chi connectivity index (χ4n) is 5.69. The van der Waals surface area contributed by atoms with Gasteiger partial charge in [-0.1, -0.05) is 23.9 Å². The Hall–Kier alpha value is -3.59. The Balaban J connectivity index is 1.17. The van der Waals surface area contributed by atoms with Crippen LogP contribution in [0.15, 0.2) is 58.7 Å². The van der Waals surface area contributed by atoms with Crippen LogP contribution in [0.3, 0.4) is 0 Å². The van der Waals surface area contributed by atoms with E-state index in [0.717, 1.165) is 58.4 Å². The molecule has 0 radical (unpaired) electrons. The molecule has 0 bridgehead atoms. The van der Waals surface area contributed by atoms with E-state index in [2.05, 4.69) is 29.7 Å². The van der Waals surface area contributed by atoms with Crippen LogP contribution in [0.25, 0.3) is 11.5 Å². The topological polar surface area (TPSA) is 78.0 Å². The molecule has 0 saturated heterocycles. The predicted octanol–water partition coefficient (Wildman–Crippen LogP) is 3.60. The maximum atomic E-state index is 13.5. The van der Waals surface area contributed by atoms with Crippen LogP contribution in [0.5, 0.6) is 0 Å². The lowest BCUT2D eigenvalue weighted by molar-refractivity contribution is -0.132. The lowest BCUT2D eigenvalue weighted by Crippen LogP contribution is -2.33. The smallest absolute Gasteiger partial charge is 0.257 e. The molecular weight excluding hydrogens is 472 g/mol. The highest BCUT2D eigenvalue weighted by Gasteiger charge is 2.35. The van der Waals surface area contributed by atoms with E-state index in [1.54, 1.807) is 16.3 Å². The molecule has 0 saturated carbocycles. The van der Waals surface area contributed by atoms with E-state index in [1.807, 2.05) is 40.2 Å². The lowest BCUT2D eigenvalue weighted by atomic mass is 10.2. The molecule has 1 aromatic carbocycles. The van der Waals surface area contributed by atoms with E-state index < -0.39 is 0 Å². The molecule has 2 aliphatic heterocycles. The molecule has 9 heteroatoms. The first-order valence-electron chi connectivity index (χ1n) is 12.4. The number of carbonyl (C=O) groups excluding carboxylic acids is 1. The minimum absolute atomic E-state index is 0.0550. The molecule has 7 rings (SSSR count). The van der Waals surface area contributed by atoms with Gasteiger partial charge in [-0.05, 0) is 56.0 Å². The number of aromatic nitrogens is 5. The molecule has 3 aromatic heterocycles. The molecule has 36 heavy (non-hydrogen) atoms. The van der Waals surface area contributed by atoms with Gasteiger partial charge in [0.05, 0.1) is 36.2 Å². The van der Waals surface area contributed by atoms with Gasteiger partial charge in [0.15, 0.2) is 5.16 Å². The lowest BCUT2D eigenvalue weighted by Gasteiger charge is -2.20. The van der Waals surface area contributed by atoms with Gasteiger partial charge in [-0.15, -0.1) is 0 Å². The summed E-state index contributed by atoms with van der Waals surface area (Å²) in [6, 6.07) is 12.1. The van der Waals surface area contributed by atoms with Crippen LogP contribution in [-0.2, 0) is 30.7 Å². The number of benzene rings is 1. The van der Waals surface area contributed by atoms with Gasteiger partial charge < -0.3 is 9.47 Å².